The molecule has 1 aromatic carbocycles. The first-order valence-corrected chi connectivity index (χ1v) is 10.6. The van der Waals surface area contributed by atoms with E-state index in [1.807, 2.05) is 0 Å². The lowest BCUT2D eigenvalue weighted by molar-refractivity contribution is -0.131. The van der Waals surface area contributed by atoms with Gasteiger partial charge in [0.1, 0.15) is 0 Å². The third kappa shape index (κ3) is 2.90. The number of ether oxygens (including phenoxy) is 1. The van der Waals surface area contributed by atoms with Crippen LogP contribution in [0.15, 0.2) is 18.2 Å². The Morgan fingerprint density at radius 1 is 1.30 bits per heavy atom. The van der Waals surface area contributed by atoms with E-state index < -0.39 is 5.54 Å². The fourth-order valence-electron chi connectivity index (χ4n) is 5.47. The van der Waals surface area contributed by atoms with Crippen LogP contribution in [-0.2, 0) is 27.9 Å². The molecule has 146 valence electrons. The average molecular weight is 387 g/mol. The van der Waals surface area contributed by atoms with E-state index in [9.17, 15) is 4.79 Å². The highest BCUT2D eigenvalue weighted by Crippen LogP contribution is 2.59. The standard InChI is InChI=1S/C22H30N2O2S/c1-14(2)4-5-15-6-7-16-13-21(10-8-17(26-3)9-11-21)22(18(16)12-15)19(25)23-20(27)24-22/h6-7,12,14,17H,4-5,8-11,13H2,1-3H3,(H2,23,24,25,27). The van der Waals surface area contributed by atoms with Crippen molar-refractivity contribution < 1.29 is 9.53 Å². The summed E-state index contributed by atoms with van der Waals surface area (Å²) >= 11 is 5.38. The van der Waals surface area contributed by atoms with Gasteiger partial charge in [0, 0.05) is 12.5 Å². The Hall–Kier alpha value is -1.46. The number of nitrogens with one attached hydrogen (secondary N) is 2. The van der Waals surface area contributed by atoms with E-state index in [4.69, 9.17) is 17.0 Å². The number of hydrogen-bond acceptors (Lipinski definition) is 3. The Balaban J connectivity index is 1.75. The first kappa shape index (κ1) is 18.9. The van der Waals surface area contributed by atoms with Gasteiger partial charge in [0.15, 0.2) is 10.7 Å². The summed E-state index contributed by atoms with van der Waals surface area (Å²) in [6.07, 6.45) is 7.38. The number of hydrogen-bond donors (Lipinski definition) is 2. The summed E-state index contributed by atoms with van der Waals surface area (Å²) in [5.74, 6) is 0.700. The molecular formula is C22H30N2O2S. The second kappa shape index (κ2) is 6.85. The second-order valence-corrected chi connectivity index (χ2v) is 9.38. The van der Waals surface area contributed by atoms with Crippen LogP contribution in [-0.4, -0.2) is 24.2 Å². The summed E-state index contributed by atoms with van der Waals surface area (Å²) in [4.78, 5) is 13.3. The van der Waals surface area contributed by atoms with Gasteiger partial charge in [-0.25, -0.2) is 0 Å². The highest BCUT2D eigenvalue weighted by Gasteiger charge is 2.65. The minimum absolute atomic E-state index is 0.0307. The maximum atomic E-state index is 13.3. The van der Waals surface area contributed by atoms with Crippen molar-refractivity contribution in [1.29, 1.82) is 0 Å². The lowest BCUT2D eigenvalue weighted by Crippen LogP contribution is -2.56. The summed E-state index contributed by atoms with van der Waals surface area (Å²) in [5.41, 5.74) is 2.93. The first-order chi connectivity index (χ1) is 12.9. The van der Waals surface area contributed by atoms with Gasteiger partial charge in [0.2, 0.25) is 0 Å². The first-order valence-electron chi connectivity index (χ1n) is 10.2. The average Bonchev–Trinajstić information content (AvgIpc) is 3.09. The number of amides is 1. The summed E-state index contributed by atoms with van der Waals surface area (Å²) in [5, 5.41) is 6.82. The van der Waals surface area contributed by atoms with Gasteiger partial charge in [-0.15, -0.1) is 0 Å². The van der Waals surface area contributed by atoms with E-state index >= 15 is 0 Å². The predicted octanol–water partition coefficient (Wildman–Crippen LogP) is 3.61. The van der Waals surface area contributed by atoms with Gasteiger partial charge in [0.25, 0.3) is 5.91 Å². The number of benzene rings is 1. The zero-order valence-corrected chi connectivity index (χ0v) is 17.4. The van der Waals surface area contributed by atoms with Crippen molar-refractivity contribution in [3.8, 4) is 0 Å². The number of carbonyl (C=O) groups is 1. The zero-order valence-electron chi connectivity index (χ0n) is 16.6. The quantitative estimate of drug-likeness (QED) is 0.776. The van der Waals surface area contributed by atoms with E-state index in [2.05, 4.69) is 42.7 Å². The molecule has 5 heteroatoms. The van der Waals surface area contributed by atoms with Crippen molar-refractivity contribution in [1.82, 2.24) is 10.6 Å². The molecular weight excluding hydrogens is 356 g/mol. The molecule has 2 fully saturated rings. The third-order valence-electron chi connectivity index (χ3n) is 7.00. The van der Waals surface area contributed by atoms with Crippen LogP contribution in [0.4, 0.5) is 0 Å². The minimum Gasteiger partial charge on any atom is -0.381 e. The molecule has 0 radical (unpaired) electrons. The van der Waals surface area contributed by atoms with Crippen LogP contribution in [0.2, 0.25) is 0 Å². The maximum Gasteiger partial charge on any atom is 0.257 e. The van der Waals surface area contributed by atoms with Crippen LogP contribution >= 0.6 is 12.2 Å². The summed E-state index contributed by atoms with van der Waals surface area (Å²) in [7, 11) is 1.79. The molecule has 2 spiro atoms. The zero-order chi connectivity index (χ0) is 19.2. The third-order valence-corrected chi connectivity index (χ3v) is 7.21. The Bertz CT molecular complexity index is 768. The number of rotatable bonds is 4. The Morgan fingerprint density at radius 2 is 2.04 bits per heavy atom. The van der Waals surface area contributed by atoms with Crippen molar-refractivity contribution in [2.45, 2.75) is 70.4 Å². The molecule has 1 heterocycles. The highest BCUT2D eigenvalue weighted by molar-refractivity contribution is 7.80. The fourth-order valence-corrected chi connectivity index (χ4v) is 5.72. The molecule has 2 N–H and O–H groups in total. The Kier molecular flexibility index (Phi) is 4.79. The molecule has 2 aliphatic carbocycles. The largest absolute Gasteiger partial charge is 0.381 e. The number of methoxy groups -OCH3 is 1. The van der Waals surface area contributed by atoms with Crippen LogP contribution in [0.1, 0.15) is 62.6 Å². The molecule has 1 atom stereocenters. The van der Waals surface area contributed by atoms with Crippen molar-refractivity contribution in [2.75, 3.05) is 7.11 Å². The molecule has 1 aliphatic heterocycles. The number of aryl methyl sites for hydroxylation is 1. The normalized spacial score (nSPS) is 32.2. The molecule has 1 saturated carbocycles. The molecule has 0 aromatic heterocycles. The van der Waals surface area contributed by atoms with E-state index in [0.29, 0.717) is 17.1 Å². The van der Waals surface area contributed by atoms with Gasteiger partial charge < -0.3 is 15.4 Å². The van der Waals surface area contributed by atoms with E-state index in [0.717, 1.165) is 50.5 Å². The van der Waals surface area contributed by atoms with Crippen LogP contribution in [0, 0.1) is 11.3 Å². The van der Waals surface area contributed by atoms with Gasteiger partial charge in [-0.3, -0.25) is 4.79 Å². The summed E-state index contributed by atoms with van der Waals surface area (Å²) in [6, 6.07) is 6.77. The molecule has 1 amide bonds. The molecule has 0 bridgehead atoms. The summed E-state index contributed by atoms with van der Waals surface area (Å²) in [6.45, 7) is 4.50. The fraction of sp³-hybridized carbons (Fsp3) is 0.636. The van der Waals surface area contributed by atoms with E-state index in [-0.39, 0.29) is 11.3 Å². The van der Waals surface area contributed by atoms with Gasteiger partial charge in [0.05, 0.1) is 6.10 Å². The SMILES string of the molecule is COC1CCC2(CC1)Cc1ccc(CCC(C)C)cc1C21NC(=S)NC1=O. The second-order valence-electron chi connectivity index (χ2n) is 8.97. The number of fused-ring (bicyclic) bond motifs is 3. The molecule has 1 unspecified atom stereocenters. The van der Waals surface area contributed by atoms with Gasteiger partial charge >= 0.3 is 0 Å². The molecule has 4 nitrogen and oxygen atoms in total. The maximum absolute atomic E-state index is 13.3. The van der Waals surface area contributed by atoms with Gasteiger partial charge in [-0.05, 0) is 79.8 Å². The van der Waals surface area contributed by atoms with Crippen LogP contribution < -0.4 is 10.6 Å². The van der Waals surface area contributed by atoms with E-state index in [1.165, 1.54) is 11.1 Å². The Morgan fingerprint density at radius 3 is 2.63 bits per heavy atom. The van der Waals surface area contributed by atoms with E-state index in [1.54, 1.807) is 7.11 Å². The minimum atomic E-state index is -0.716. The number of thiocarbonyl (C=S) groups is 1. The number of carbonyl (C=O) groups excluding carboxylic acids is 1. The molecule has 4 rings (SSSR count). The van der Waals surface area contributed by atoms with Gasteiger partial charge in [-0.1, -0.05) is 32.0 Å². The molecule has 3 aliphatic rings. The molecule has 1 saturated heterocycles. The topological polar surface area (TPSA) is 50.4 Å². The molecule has 1 aromatic rings. The lowest BCUT2D eigenvalue weighted by Gasteiger charge is -2.46. The van der Waals surface area contributed by atoms with Crippen molar-refractivity contribution in [2.24, 2.45) is 11.3 Å². The van der Waals surface area contributed by atoms with Crippen LogP contribution in [0.3, 0.4) is 0 Å². The molecule has 27 heavy (non-hydrogen) atoms. The van der Waals surface area contributed by atoms with Crippen LogP contribution in [0.5, 0.6) is 0 Å². The summed E-state index contributed by atoms with van der Waals surface area (Å²) < 4.78 is 5.60. The highest BCUT2D eigenvalue weighted by atomic mass is 32.1. The van der Waals surface area contributed by atoms with Crippen LogP contribution in [0.25, 0.3) is 0 Å². The van der Waals surface area contributed by atoms with Crippen molar-refractivity contribution >= 4 is 23.2 Å². The Labute approximate surface area is 167 Å². The van der Waals surface area contributed by atoms with Gasteiger partial charge in [-0.2, -0.15) is 0 Å². The monoisotopic (exact) mass is 386 g/mol. The smallest absolute Gasteiger partial charge is 0.257 e. The van der Waals surface area contributed by atoms with Crippen molar-refractivity contribution in [3.63, 3.8) is 0 Å². The van der Waals surface area contributed by atoms with Crippen molar-refractivity contribution in [3.05, 3.63) is 34.9 Å². The predicted molar refractivity (Wildman–Crippen MR) is 111 cm³/mol. The lowest BCUT2D eigenvalue weighted by atomic mass is 9.61.